The lowest BCUT2D eigenvalue weighted by Crippen LogP contribution is -2.23. The fourth-order valence-corrected chi connectivity index (χ4v) is 3.89. The zero-order chi connectivity index (χ0) is 25.3. The van der Waals surface area contributed by atoms with Crippen molar-refractivity contribution in [3.8, 4) is 11.6 Å². The van der Waals surface area contributed by atoms with Crippen LogP contribution < -0.4 is 14.8 Å². The molecule has 0 unspecified atom stereocenters. The van der Waals surface area contributed by atoms with E-state index in [2.05, 4.69) is 10.3 Å². The van der Waals surface area contributed by atoms with Crippen molar-refractivity contribution in [2.45, 2.75) is 13.5 Å². The number of halogens is 3. The average molecular weight is 483 g/mol. The highest BCUT2D eigenvalue weighted by atomic mass is 19.1. The molecule has 10 heteroatoms. The van der Waals surface area contributed by atoms with Gasteiger partial charge < -0.3 is 19.4 Å². The Balaban J connectivity index is 1.83. The van der Waals surface area contributed by atoms with E-state index in [1.165, 1.54) is 43.2 Å². The van der Waals surface area contributed by atoms with Gasteiger partial charge in [-0.05, 0) is 25.1 Å². The number of anilines is 1. The summed E-state index contributed by atoms with van der Waals surface area (Å²) in [5.74, 6) is -3.80. The predicted octanol–water partition coefficient (Wildman–Crippen LogP) is 4.65. The standard InChI is InChI=1S/C25H20F3N3O4/c1-13-22(24(32)25(33)30-17-6-7-29-21(11-17)35-3)23-19(9-16(27)10-20(23)34-2)31(13)12-14-4-5-15(26)8-18(14)28/h4-11H,12H2,1-3H3,(H,29,30,33). The van der Waals surface area contributed by atoms with Gasteiger partial charge in [-0.25, -0.2) is 18.2 Å². The first-order chi connectivity index (χ1) is 16.7. The number of Topliss-reactive ketones (excluding diaryl/α,β-unsaturated/α-hetero) is 1. The minimum Gasteiger partial charge on any atom is -0.496 e. The number of hydrogen-bond donors (Lipinski definition) is 1. The molecular formula is C25H20F3N3O4. The summed E-state index contributed by atoms with van der Waals surface area (Å²) in [5, 5.41) is 2.69. The van der Waals surface area contributed by atoms with Gasteiger partial charge in [0.15, 0.2) is 0 Å². The number of fused-ring (bicyclic) bond motifs is 1. The number of benzene rings is 2. The Morgan fingerprint density at radius 3 is 2.46 bits per heavy atom. The molecule has 7 nitrogen and oxygen atoms in total. The molecule has 2 aromatic carbocycles. The van der Waals surface area contributed by atoms with Gasteiger partial charge in [-0.15, -0.1) is 0 Å². The molecular weight excluding hydrogens is 463 g/mol. The van der Waals surface area contributed by atoms with Crippen LogP contribution in [0.15, 0.2) is 48.7 Å². The van der Waals surface area contributed by atoms with Crippen molar-refractivity contribution >= 4 is 28.3 Å². The van der Waals surface area contributed by atoms with Crippen molar-refractivity contribution in [2.75, 3.05) is 19.5 Å². The quantitative estimate of drug-likeness (QED) is 0.306. The number of ether oxygens (including phenoxy) is 2. The molecule has 0 bridgehead atoms. The molecule has 180 valence electrons. The Labute approximate surface area is 198 Å². The molecule has 0 radical (unpaired) electrons. The first-order valence-corrected chi connectivity index (χ1v) is 10.4. The number of methoxy groups -OCH3 is 2. The smallest absolute Gasteiger partial charge is 0.296 e. The number of rotatable bonds is 7. The Kier molecular flexibility index (Phi) is 6.46. The van der Waals surface area contributed by atoms with Gasteiger partial charge in [-0.3, -0.25) is 9.59 Å². The Morgan fingerprint density at radius 2 is 1.77 bits per heavy atom. The highest BCUT2D eigenvalue weighted by Crippen LogP contribution is 2.36. The molecule has 0 atom stereocenters. The molecule has 0 spiro atoms. The van der Waals surface area contributed by atoms with Gasteiger partial charge >= 0.3 is 0 Å². The van der Waals surface area contributed by atoms with E-state index in [-0.39, 0.29) is 51.6 Å². The molecule has 4 rings (SSSR count). The second-order valence-corrected chi connectivity index (χ2v) is 7.65. The molecule has 4 aromatic rings. The fourth-order valence-electron chi connectivity index (χ4n) is 3.89. The average Bonchev–Trinajstić information content (AvgIpc) is 3.10. The molecule has 0 saturated heterocycles. The number of aromatic nitrogens is 2. The third kappa shape index (κ3) is 4.54. The van der Waals surface area contributed by atoms with E-state index >= 15 is 0 Å². The third-order valence-corrected chi connectivity index (χ3v) is 5.55. The van der Waals surface area contributed by atoms with Gasteiger partial charge in [0.2, 0.25) is 5.88 Å². The largest absolute Gasteiger partial charge is 0.496 e. The van der Waals surface area contributed by atoms with Crippen molar-refractivity contribution in [2.24, 2.45) is 0 Å². The van der Waals surface area contributed by atoms with Crippen LogP contribution in [0.2, 0.25) is 0 Å². The van der Waals surface area contributed by atoms with Crippen molar-refractivity contribution in [3.05, 3.63) is 82.9 Å². The number of carbonyl (C=O) groups excluding carboxylic acids is 2. The summed E-state index contributed by atoms with van der Waals surface area (Å²) < 4.78 is 54.0. The second-order valence-electron chi connectivity index (χ2n) is 7.65. The number of hydrogen-bond acceptors (Lipinski definition) is 5. The van der Waals surface area contributed by atoms with E-state index in [1.807, 2.05) is 0 Å². The van der Waals surface area contributed by atoms with Crippen LogP contribution in [-0.4, -0.2) is 35.5 Å². The number of amides is 1. The van der Waals surface area contributed by atoms with Crippen LogP contribution in [0.3, 0.4) is 0 Å². The number of carbonyl (C=O) groups is 2. The Hall–Kier alpha value is -4.34. The van der Waals surface area contributed by atoms with Crippen LogP contribution in [-0.2, 0) is 11.3 Å². The minimum atomic E-state index is -0.959. The van der Waals surface area contributed by atoms with E-state index in [0.717, 1.165) is 24.3 Å². The first kappa shape index (κ1) is 23.8. The highest BCUT2D eigenvalue weighted by Gasteiger charge is 2.28. The Morgan fingerprint density at radius 1 is 1.00 bits per heavy atom. The van der Waals surface area contributed by atoms with Gasteiger partial charge in [0, 0.05) is 41.3 Å². The maximum atomic E-state index is 14.4. The van der Waals surface area contributed by atoms with Crippen LogP contribution in [0.1, 0.15) is 21.6 Å². The third-order valence-electron chi connectivity index (χ3n) is 5.55. The summed E-state index contributed by atoms with van der Waals surface area (Å²) in [5.41, 5.74) is 0.854. The molecule has 0 aliphatic carbocycles. The lowest BCUT2D eigenvalue weighted by Gasteiger charge is -2.10. The van der Waals surface area contributed by atoms with Crippen molar-refractivity contribution in [1.82, 2.24) is 9.55 Å². The molecule has 35 heavy (non-hydrogen) atoms. The number of nitrogens with one attached hydrogen (secondary N) is 1. The van der Waals surface area contributed by atoms with Crippen LogP contribution >= 0.6 is 0 Å². The maximum Gasteiger partial charge on any atom is 0.296 e. The molecule has 2 aromatic heterocycles. The summed E-state index contributed by atoms with van der Waals surface area (Å²) in [6, 6.07) is 8.27. The van der Waals surface area contributed by atoms with Gasteiger partial charge in [0.25, 0.3) is 11.7 Å². The van der Waals surface area contributed by atoms with Crippen molar-refractivity contribution in [1.29, 1.82) is 0 Å². The fraction of sp³-hybridized carbons (Fsp3) is 0.160. The summed E-state index contributed by atoms with van der Waals surface area (Å²) in [6.45, 7) is 1.41. The van der Waals surface area contributed by atoms with Crippen LogP contribution in [0.5, 0.6) is 11.6 Å². The number of ketones is 1. The van der Waals surface area contributed by atoms with Crippen molar-refractivity contribution in [3.63, 3.8) is 0 Å². The van der Waals surface area contributed by atoms with Gasteiger partial charge in [0.05, 0.1) is 37.2 Å². The molecule has 0 fully saturated rings. The topological polar surface area (TPSA) is 82.5 Å². The highest BCUT2D eigenvalue weighted by molar-refractivity contribution is 6.49. The number of nitrogens with zero attached hydrogens (tertiary/aromatic N) is 2. The second kappa shape index (κ2) is 9.49. The SMILES string of the molecule is COc1cc(NC(=O)C(=O)c2c(C)n(Cc3ccc(F)cc3F)c3cc(F)cc(OC)c23)ccn1. The monoisotopic (exact) mass is 483 g/mol. The summed E-state index contributed by atoms with van der Waals surface area (Å²) in [7, 11) is 2.71. The lowest BCUT2D eigenvalue weighted by atomic mass is 10.0. The first-order valence-electron chi connectivity index (χ1n) is 10.4. The summed E-state index contributed by atoms with van der Waals surface area (Å²) in [6.07, 6.45) is 1.40. The van der Waals surface area contributed by atoms with E-state index < -0.39 is 29.1 Å². The van der Waals surface area contributed by atoms with E-state index in [4.69, 9.17) is 9.47 Å². The zero-order valence-corrected chi connectivity index (χ0v) is 19.0. The Bertz CT molecular complexity index is 1470. The van der Waals surface area contributed by atoms with E-state index in [9.17, 15) is 22.8 Å². The molecule has 1 amide bonds. The molecule has 0 aliphatic heterocycles. The normalized spacial score (nSPS) is 10.9. The van der Waals surface area contributed by atoms with E-state index in [0.29, 0.717) is 0 Å². The molecule has 0 aliphatic rings. The summed E-state index contributed by atoms with van der Waals surface area (Å²) >= 11 is 0. The van der Waals surface area contributed by atoms with E-state index in [1.54, 1.807) is 6.92 Å². The number of pyridine rings is 1. The van der Waals surface area contributed by atoms with Gasteiger partial charge in [-0.2, -0.15) is 0 Å². The molecule has 1 N–H and O–H groups in total. The van der Waals surface area contributed by atoms with Crippen LogP contribution in [0.25, 0.3) is 10.9 Å². The van der Waals surface area contributed by atoms with Crippen LogP contribution in [0, 0.1) is 24.4 Å². The zero-order valence-electron chi connectivity index (χ0n) is 19.0. The maximum absolute atomic E-state index is 14.4. The van der Waals surface area contributed by atoms with Crippen molar-refractivity contribution < 1.29 is 32.2 Å². The molecule has 2 heterocycles. The minimum absolute atomic E-state index is 0.0297. The lowest BCUT2D eigenvalue weighted by molar-refractivity contribution is -0.112. The summed E-state index contributed by atoms with van der Waals surface area (Å²) in [4.78, 5) is 30.2. The van der Waals surface area contributed by atoms with Gasteiger partial charge in [0.1, 0.15) is 23.2 Å². The van der Waals surface area contributed by atoms with Gasteiger partial charge in [-0.1, -0.05) is 6.07 Å². The predicted molar refractivity (Wildman–Crippen MR) is 122 cm³/mol. The molecule has 0 saturated carbocycles. The van der Waals surface area contributed by atoms with Crippen LogP contribution in [0.4, 0.5) is 18.9 Å².